The Morgan fingerprint density at radius 3 is 1.24 bits per heavy atom. The fourth-order valence-corrected chi connectivity index (χ4v) is 10.3. The molecule has 0 saturated carbocycles. The van der Waals surface area contributed by atoms with Gasteiger partial charge in [0.2, 0.25) is 0 Å². The van der Waals surface area contributed by atoms with Gasteiger partial charge in [-0.15, -0.1) is 0 Å². The van der Waals surface area contributed by atoms with Crippen molar-refractivity contribution in [1.82, 2.24) is 4.98 Å². The lowest BCUT2D eigenvalue weighted by Gasteiger charge is -2.19. The van der Waals surface area contributed by atoms with E-state index in [0.29, 0.717) is 0 Å². The summed E-state index contributed by atoms with van der Waals surface area (Å²) in [6, 6.07) is 82.5. The Balaban J connectivity index is 1.02. The van der Waals surface area contributed by atoms with E-state index in [0.717, 1.165) is 22.2 Å². The first kappa shape index (κ1) is 34.7. The Hall–Kier alpha value is -8.13. The third kappa shape index (κ3) is 5.32. The molecule has 0 radical (unpaired) electrons. The highest BCUT2D eigenvalue weighted by molar-refractivity contribution is 6.31. The first-order chi connectivity index (χ1) is 30.7. The summed E-state index contributed by atoms with van der Waals surface area (Å²) < 4.78 is 0. The van der Waals surface area contributed by atoms with Crippen LogP contribution < -0.4 is 0 Å². The molecule has 0 bridgehead atoms. The van der Waals surface area contributed by atoms with Gasteiger partial charge < -0.3 is 0 Å². The van der Waals surface area contributed by atoms with Gasteiger partial charge in [0.25, 0.3) is 0 Å². The second-order valence-electron chi connectivity index (χ2n) is 16.6. The Bertz CT molecular complexity index is 3970. The lowest BCUT2D eigenvalue weighted by atomic mass is 9.84. The molecule has 0 aliphatic heterocycles. The smallest absolute Gasteiger partial charge is 0.0800 e. The van der Waals surface area contributed by atoms with Crippen LogP contribution in [0.4, 0.5) is 0 Å². The molecule has 0 fully saturated rings. The van der Waals surface area contributed by atoms with Crippen LogP contribution in [0.5, 0.6) is 0 Å². The first-order valence-electron chi connectivity index (χ1n) is 21.4. The maximum atomic E-state index is 5.55. The third-order valence-electron chi connectivity index (χ3n) is 13.2. The number of nitrogens with zero attached hydrogens (tertiary/aromatic N) is 1. The molecule has 0 aliphatic rings. The summed E-state index contributed by atoms with van der Waals surface area (Å²) in [5.41, 5.74) is 10.5. The van der Waals surface area contributed by atoms with Crippen LogP contribution in [0.25, 0.3) is 131 Å². The maximum absolute atomic E-state index is 5.55. The molecule has 0 aliphatic carbocycles. The molecule has 1 heteroatoms. The molecular formula is C61H37N. The SMILES string of the molecule is c1ccc2cc(-c3c4ccccc4c(-c4ccc5ccccc5c4)c4cc(-c5ccc(-c6nc7c8ccccc8c8ccccc8c7c7ccccc67)cc5)ccc34)ccc2c1. The summed E-state index contributed by atoms with van der Waals surface area (Å²) in [5, 5.41) is 18.5. The van der Waals surface area contributed by atoms with Crippen LogP contribution in [0.2, 0.25) is 0 Å². The quantitative estimate of drug-likeness (QED) is 0.128. The van der Waals surface area contributed by atoms with Gasteiger partial charge in [-0.1, -0.05) is 206 Å². The van der Waals surface area contributed by atoms with Crippen molar-refractivity contribution >= 4 is 86.3 Å². The van der Waals surface area contributed by atoms with E-state index in [2.05, 4.69) is 224 Å². The van der Waals surface area contributed by atoms with Gasteiger partial charge in [-0.2, -0.15) is 0 Å². The lowest BCUT2D eigenvalue weighted by molar-refractivity contribution is 1.44. The van der Waals surface area contributed by atoms with Crippen LogP contribution in [0.15, 0.2) is 224 Å². The predicted molar refractivity (Wildman–Crippen MR) is 266 cm³/mol. The van der Waals surface area contributed by atoms with Crippen LogP contribution in [0, 0.1) is 0 Å². The molecule has 1 nitrogen and oxygen atoms in total. The lowest BCUT2D eigenvalue weighted by Crippen LogP contribution is -1.93. The second-order valence-corrected chi connectivity index (χ2v) is 16.6. The first-order valence-corrected chi connectivity index (χ1v) is 21.4. The van der Waals surface area contributed by atoms with Crippen molar-refractivity contribution < 1.29 is 0 Å². The summed E-state index contributed by atoms with van der Waals surface area (Å²) in [7, 11) is 0. The summed E-state index contributed by atoms with van der Waals surface area (Å²) >= 11 is 0. The number of hydrogen-bond donors (Lipinski definition) is 0. The van der Waals surface area contributed by atoms with E-state index in [4.69, 9.17) is 4.98 Å². The largest absolute Gasteiger partial charge is 0.246 e. The van der Waals surface area contributed by atoms with Crippen LogP contribution in [0.3, 0.4) is 0 Å². The molecule has 1 heterocycles. The summed E-state index contributed by atoms with van der Waals surface area (Å²) in [6.07, 6.45) is 0. The van der Waals surface area contributed by atoms with Crippen LogP contribution >= 0.6 is 0 Å². The van der Waals surface area contributed by atoms with Gasteiger partial charge in [-0.05, 0) is 116 Å². The van der Waals surface area contributed by atoms with Gasteiger partial charge in [-0.25, -0.2) is 4.98 Å². The highest BCUT2D eigenvalue weighted by Gasteiger charge is 2.20. The molecule has 13 aromatic rings. The van der Waals surface area contributed by atoms with Gasteiger partial charge in [-0.3, -0.25) is 0 Å². The number of fused-ring (bicyclic) bond motifs is 12. The zero-order chi connectivity index (χ0) is 40.7. The zero-order valence-electron chi connectivity index (χ0n) is 33.8. The molecule has 0 amide bonds. The minimum absolute atomic E-state index is 1.00. The highest BCUT2D eigenvalue weighted by Crippen LogP contribution is 2.46. The molecule has 0 unspecified atom stereocenters. The average Bonchev–Trinajstić information content (AvgIpc) is 3.35. The van der Waals surface area contributed by atoms with E-state index in [1.54, 1.807) is 0 Å². The van der Waals surface area contributed by atoms with E-state index in [9.17, 15) is 0 Å². The molecular weight excluding hydrogens is 747 g/mol. The Labute approximate surface area is 358 Å². The Morgan fingerprint density at radius 2 is 0.629 bits per heavy atom. The van der Waals surface area contributed by atoms with Gasteiger partial charge in [0, 0.05) is 21.7 Å². The van der Waals surface area contributed by atoms with E-state index >= 15 is 0 Å². The molecule has 286 valence electrons. The molecule has 0 N–H and O–H groups in total. The fraction of sp³-hybridized carbons (Fsp3) is 0. The predicted octanol–water partition coefficient (Wildman–Crippen LogP) is 17.0. The standard InChI is InChI=1S/C61H37N/c1-3-15-42-35-45(31-27-38(42)13-1)57-50-20-8-9-21-51(50)58(46-32-28-39-14-2-4-16-43(39)36-46)56-37-44(33-34-53(56)57)40-25-29-41(30-26-40)60-55-24-12-10-22-52(55)59-49-19-7-5-17-47(49)48-18-6-11-23-54(48)61(59)62-60/h1-37H. The molecule has 0 spiro atoms. The van der Waals surface area contributed by atoms with Gasteiger partial charge in [0.05, 0.1) is 11.2 Å². The van der Waals surface area contributed by atoms with Crippen LogP contribution in [-0.4, -0.2) is 4.98 Å². The average molecular weight is 784 g/mol. The number of pyridine rings is 1. The summed E-state index contributed by atoms with van der Waals surface area (Å²) in [6.45, 7) is 0. The number of rotatable bonds is 4. The summed E-state index contributed by atoms with van der Waals surface area (Å²) in [5.74, 6) is 0. The minimum Gasteiger partial charge on any atom is -0.246 e. The van der Waals surface area contributed by atoms with Crippen molar-refractivity contribution in [2.45, 2.75) is 0 Å². The van der Waals surface area contributed by atoms with Crippen LogP contribution in [-0.2, 0) is 0 Å². The van der Waals surface area contributed by atoms with Crippen molar-refractivity contribution in [3.05, 3.63) is 224 Å². The second kappa shape index (κ2) is 13.7. The number of benzene rings is 12. The van der Waals surface area contributed by atoms with Crippen molar-refractivity contribution in [2.75, 3.05) is 0 Å². The minimum atomic E-state index is 1.00. The molecule has 0 saturated heterocycles. The number of aromatic nitrogens is 1. The van der Waals surface area contributed by atoms with E-state index < -0.39 is 0 Å². The molecule has 12 aromatic carbocycles. The molecule has 0 atom stereocenters. The van der Waals surface area contributed by atoms with E-state index in [-0.39, 0.29) is 0 Å². The van der Waals surface area contributed by atoms with Crippen molar-refractivity contribution in [3.63, 3.8) is 0 Å². The van der Waals surface area contributed by atoms with Crippen LogP contribution in [0.1, 0.15) is 0 Å². The van der Waals surface area contributed by atoms with Gasteiger partial charge in [0.1, 0.15) is 0 Å². The molecule has 13 rings (SSSR count). The van der Waals surface area contributed by atoms with Crippen molar-refractivity contribution in [1.29, 1.82) is 0 Å². The maximum Gasteiger partial charge on any atom is 0.0800 e. The fourth-order valence-electron chi connectivity index (χ4n) is 10.3. The monoisotopic (exact) mass is 783 g/mol. The number of hydrogen-bond acceptors (Lipinski definition) is 1. The van der Waals surface area contributed by atoms with Gasteiger partial charge >= 0.3 is 0 Å². The highest BCUT2D eigenvalue weighted by atomic mass is 14.7. The molecule has 1 aromatic heterocycles. The van der Waals surface area contributed by atoms with Crippen molar-refractivity contribution in [3.8, 4) is 44.6 Å². The zero-order valence-corrected chi connectivity index (χ0v) is 33.8. The van der Waals surface area contributed by atoms with E-state index in [1.807, 2.05) is 0 Å². The Morgan fingerprint density at radius 1 is 0.226 bits per heavy atom. The topological polar surface area (TPSA) is 12.9 Å². The Kier molecular flexibility index (Phi) is 7.67. The summed E-state index contributed by atoms with van der Waals surface area (Å²) in [4.78, 5) is 5.55. The third-order valence-corrected chi connectivity index (χ3v) is 13.2. The molecule has 62 heavy (non-hydrogen) atoms. The van der Waals surface area contributed by atoms with E-state index in [1.165, 1.54) is 109 Å². The van der Waals surface area contributed by atoms with Crippen molar-refractivity contribution in [2.24, 2.45) is 0 Å². The normalized spacial score (nSPS) is 11.9. The van der Waals surface area contributed by atoms with Gasteiger partial charge in [0.15, 0.2) is 0 Å².